The molecular formula is C23H25NO5. The van der Waals surface area contributed by atoms with E-state index in [0.717, 1.165) is 22.3 Å². The predicted molar refractivity (Wildman–Crippen MR) is 108 cm³/mol. The van der Waals surface area contributed by atoms with E-state index in [2.05, 4.69) is 29.6 Å². The number of fused-ring (bicyclic) bond motifs is 3. The predicted octanol–water partition coefficient (Wildman–Crippen LogP) is 2.81. The summed E-state index contributed by atoms with van der Waals surface area (Å²) in [6.45, 7) is 0.917. The monoisotopic (exact) mass is 395 g/mol. The summed E-state index contributed by atoms with van der Waals surface area (Å²) >= 11 is 0. The van der Waals surface area contributed by atoms with Crippen LogP contribution in [0.3, 0.4) is 0 Å². The molecule has 2 aromatic rings. The summed E-state index contributed by atoms with van der Waals surface area (Å²) in [7, 11) is 1.52. The Morgan fingerprint density at radius 3 is 2.31 bits per heavy atom. The lowest BCUT2D eigenvalue weighted by Crippen LogP contribution is -2.55. The minimum atomic E-state index is -1.33. The second-order valence-electron chi connectivity index (χ2n) is 7.64. The number of methoxy groups -OCH3 is 1. The van der Waals surface area contributed by atoms with Crippen LogP contribution in [0.4, 0.5) is 0 Å². The van der Waals surface area contributed by atoms with Crippen molar-refractivity contribution in [3.63, 3.8) is 0 Å². The van der Waals surface area contributed by atoms with Crippen LogP contribution in [0.2, 0.25) is 0 Å². The molecule has 0 amide bonds. The third kappa shape index (κ3) is 3.32. The lowest BCUT2D eigenvalue weighted by Gasteiger charge is -2.30. The molecular weight excluding hydrogens is 370 g/mol. The van der Waals surface area contributed by atoms with Gasteiger partial charge in [-0.3, -0.25) is 9.59 Å². The summed E-state index contributed by atoms with van der Waals surface area (Å²) in [5.74, 6) is -2.28. The molecule has 0 aromatic heterocycles. The maximum Gasteiger partial charge on any atom is 0.324 e. The van der Waals surface area contributed by atoms with Gasteiger partial charge in [0.15, 0.2) is 0 Å². The zero-order valence-electron chi connectivity index (χ0n) is 16.4. The zero-order chi connectivity index (χ0) is 20.4. The molecule has 29 heavy (non-hydrogen) atoms. The number of hydrogen-bond donors (Lipinski definition) is 2. The number of nitrogens with one attached hydrogen (secondary N) is 1. The van der Waals surface area contributed by atoms with Crippen LogP contribution < -0.4 is 5.32 Å². The van der Waals surface area contributed by atoms with Crippen LogP contribution in [-0.4, -0.2) is 49.5 Å². The van der Waals surface area contributed by atoms with Crippen molar-refractivity contribution in [1.29, 1.82) is 0 Å². The third-order valence-electron chi connectivity index (χ3n) is 6.19. The quantitative estimate of drug-likeness (QED) is 0.702. The molecule has 6 nitrogen and oxygen atoms in total. The van der Waals surface area contributed by atoms with E-state index in [1.807, 2.05) is 24.3 Å². The van der Waals surface area contributed by atoms with Gasteiger partial charge in [0, 0.05) is 26.1 Å². The second kappa shape index (κ2) is 7.97. The summed E-state index contributed by atoms with van der Waals surface area (Å²) < 4.78 is 10.8. The first kappa shape index (κ1) is 19.6. The molecule has 0 radical (unpaired) electrons. The fourth-order valence-corrected chi connectivity index (χ4v) is 4.69. The number of carboxylic acid groups (broad SMARTS) is 1. The van der Waals surface area contributed by atoms with Gasteiger partial charge in [-0.2, -0.15) is 0 Å². The van der Waals surface area contributed by atoms with Crippen molar-refractivity contribution in [2.24, 2.45) is 5.92 Å². The van der Waals surface area contributed by atoms with Crippen molar-refractivity contribution < 1.29 is 24.2 Å². The molecule has 6 heteroatoms. The SMILES string of the molecule is COCC[C@@]1(C(=O)O)NCCC1C(=O)OCC1c2ccccc2-c2ccccc21. The van der Waals surface area contributed by atoms with Gasteiger partial charge in [0.2, 0.25) is 0 Å². The maximum atomic E-state index is 12.9. The van der Waals surface area contributed by atoms with Crippen molar-refractivity contribution >= 4 is 11.9 Å². The number of carbonyl (C=O) groups excluding carboxylic acids is 1. The number of aliphatic carboxylic acids is 1. The number of rotatable bonds is 7. The highest BCUT2D eigenvalue weighted by Gasteiger charge is 2.53. The Balaban J connectivity index is 1.53. The number of carbonyl (C=O) groups is 2. The second-order valence-corrected chi connectivity index (χ2v) is 7.64. The molecule has 2 atom stereocenters. The number of hydrogen-bond acceptors (Lipinski definition) is 5. The standard InChI is InChI=1S/C23H25NO5/c1-28-13-11-23(22(26)27)20(10-12-24-23)21(25)29-14-19-17-8-4-2-6-15(17)16-7-3-5-9-18(16)19/h2-9,19-20,24H,10-14H2,1H3,(H,26,27)/t20?,23-/m1/s1. The Kier molecular flexibility index (Phi) is 5.39. The number of esters is 1. The van der Waals surface area contributed by atoms with Crippen molar-refractivity contribution in [1.82, 2.24) is 5.32 Å². The Labute approximate surface area is 169 Å². The van der Waals surface area contributed by atoms with Gasteiger partial charge in [0.25, 0.3) is 0 Å². The summed E-state index contributed by atoms with van der Waals surface area (Å²) in [6.07, 6.45) is 0.653. The van der Waals surface area contributed by atoms with Crippen LogP contribution in [0.15, 0.2) is 48.5 Å². The molecule has 2 aliphatic rings. The summed E-state index contributed by atoms with van der Waals surface area (Å²) in [5.41, 5.74) is 3.25. The largest absolute Gasteiger partial charge is 0.480 e. The summed E-state index contributed by atoms with van der Waals surface area (Å²) in [4.78, 5) is 24.9. The molecule has 1 saturated heterocycles. The van der Waals surface area contributed by atoms with Crippen LogP contribution in [-0.2, 0) is 19.1 Å². The van der Waals surface area contributed by atoms with Crippen LogP contribution in [0.25, 0.3) is 11.1 Å². The van der Waals surface area contributed by atoms with Crippen LogP contribution in [0.1, 0.15) is 29.9 Å². The minimum Gasteiger partial charge on any atom is -0.480 e. The van der Waals surface area contributed by atoms with Crippen molar-refractivity contribution in [2.75, 3.05) is 26.9 Å². The smallest absolute Gasteiger partial charge is 0.324 e. The third-order valence-corrected chi connectivity index (χ3v) is 6.19. The van der Waals surface area contributed by atoms with Gasteiger partial charge >= 0.3 is 11.9 Å². The van der Waals surface area contributed by atoms with E-state index in [9.17, 15) is 14.7 Å². The first-order valence-corrected chi connectivity index (χ1v) is 9.90. The van der Waals surface area contributed by atoms with Gasteiger partial charge in [-0.1, -0.05) is 48.5 Å². The zero-order valence-corrected chi connectivity index (χ0v) is 16.4. The summed E-state index contributed by atoms with van der Waals surface area (Å²) in [5, 5.41) is 12.8. The number of benzene rings is 2. The maximum absolute atomic E-state index is 12.9. The van der Waals surface area contributed by atoms with E-state index < -0.39 is 23.4 Å². The lowest BCUT2D eigenvalue weighted by atomic mass is 9.82. The van der Waals surface area contributed by atoms with Crippen molar-refractivity contribution in [2.45, 2.75) is 24.3 Å². The average Bonchev–Trinajstić information content (AvgIpc) is 3.31. The average molecular weight is 395 g/mol. The highest BCUT2D eigenvalue weighted by atomic mass is 16.5. The Hall–Kier alpha value is -2.70. The molecule has 0 bridgehead atoms. The molecule has 0 saturated carbocycles. The van der Waals surface area contributed by atoms with Gasteiger partial charge in [-0.15, -0.1) is 0 Å². The van der Waals surface area contributed by atoms with Gasteiger partial charge in [0.1, 0.15) is 12.1 Å². The Morgan fingerprint density at radius 2 is 1.72 bits per heavy atom. The van der Waals surface area contributed by atoms with E-state index in [1.54, 1.807) is 0 Å². The summed E-state index contributed by atoms with van der Waals surface area (Å²) in [6, 6.07) is 16.3. The van der Waals surface area contributed by atoms with Crippen LogP contribution in [0, 0.1) is 5.92 Å². The number of ether oxygens (including phenoxy) is 2. The first-order valence-electron chi connectivity index (χ1n) is 9.90. The van der Waals surface area contributed by atoms with Crippen molar-refractivity contribution in [3.05, 3.63) is 59.7 Å². The van der Waals surface area contributed by atoms with Crippen LogP contribution >= 0.6 is 0 Å². The molecule has 1 heterocycles. The molecule has 2 aromatic carbocycles. The molecule has 152 valence electrons. The normalized spacial score (nSPS) is 22.9. The Bertz CT molecular complexity index is 881. The molecule has 1 unspecified atom stereocenters. The topological polar surface area (TPSA) is 84.9 Å². The highest BCUT2D eigenvalue weighted by molar-refractivity contribution is 5.88. The van der Waals surface area contributed by atoms with E-state index in [4.69, 9.17) is 9.47 Å². The van der Waals surface area contributed by atoms with E-state index in [0.29, 0.717) is 13.0 Å². The highest BCUT2D eigenvalue weighted by Crippen LogP contribution is 2.44. The molecule has 4 rings (SSSR count). The van der Waals surface area contributed by atoms with Crippen LogP contribution in [0.5, 0.6) is 0 Å². The molecule has 1 fully saturated rings. The number of carboxylic acids is 1. The van der Waals surface area contributed by atoms with E-state index in [-0.39, 0.29) is 25.6 Å². The van der Waals surface area contributed by atoms with Gasteiger partial charge in [0.05, 0.1) is 5.92 Å². The molecule has 1 aliphatic carbocycles. The first-order chi connectivity index (χ1) is 14.1. The molecule has 0 spiro atoms. The lowest BCUT2D eigenvalue weighted by molar-refractivity contribution is -0.159. The van der Waals surface area contributed by atoms with Gasteiger partial charge in [-0.05, 0) is 35.2 Å². The molecule has 1 aliphatic heterocycles. The van der Waals surface area contributed by atoms with Gasteiger partial charge in [-0.25, -0.2) is 0 Å². The van der Waals surface area contributed by atoms with E-state index >= 15 is 0 Å². The molecule has 2 N–H and O–H groups in total. The fourth-order valence-electron chi connectivity index (χ4n) is 4.69. The van der Waals surface area contributed by atoms with E-state index in [1.165, 1.54) is 7.11 Å². The van der Waals surface area contributed by atoms with Gasteiger partial charge < -0.3 is 19.9 Å². The Morgan fingerprint density at radius 1 is 1.10 bits per heavy atom. The van der Waals surface area contributed by atoms with Crippen molar-refractivity contribution in [3.8, 4) is 11.1 Å². The minimum absolute atomic E-state index is 0.0427. The fraction of sp³-hybridized carbons (Fsp3) is 0.391.